The van der Waals surface area contributed by atoms with Crippen LogP contribution in [0.2, 0.25) is 0 Å². The number of aromatic nitrogens is 3. The van der Waals surface area contributed by atoms with E-state index < -0.39 is 11.8 Å². The Labute approximate surface area is 112 Å². The second-order valence-electron chi connectivity index (χ2n) is 4.19. The van der Waals surface area contributed by atoms with Crippen molar-refractivity contribution in [1.82, 2.24) is 15.0 Å². The lowest BCUT2D eigenvalue weighted by molar-refractivity contribution is 0.0698. The molecule has 0 atom stereocenters. The second-order valence-corrected chi connectivity index (χ2v) is 4.19. The van der Waals surface area contributed by atoms with Crippen molar-refractivity contribution in [3.63, 3.8) is 0 Å². The Kier molecular flexibility index (Phi) is 2.60. The van der Waals surface area contributed by atoms with Crippen molar-refractivity contribution in [3.8, 4) is 5.69 Å². The third-order valence-corrected chi connectivity index (χ3v) is 2.93. The van der Waals surface area contributed by atoms with Crippen LogP contribution in [0.4, 0.5) is 10.1 Å². The molecule has 0 unspecified atom stereocenters. The van der Waals surface area contributed by atoms with E-state index in [9.17, 15) is 9.18 Å². The lowest BCUT2D eigenvalue weighted by atomic mass is 10.1. The molecule has 0 saturated heterocycles. The molecule has 1 heterocycles. The zero-order valence-corrected chi connectivity index (χ0v) is 10.1. The average molecular weight is 272 g/mol. The lowest BCUT2D eigenvalue weighted by Gasteiger charge is -2.07. The normalized spacial score (nSPS) is 10.8. The van der Waals surface area contributed by atoms with E-state index in [4.69, 9.17) is 10.8 Å². The molecule has 0 fully saturated rings. The van der Waals surface area contributed by atoms with Crippen molar-refractivity contribution in [2.75, 3.05) is 5.73 Å². The molecule has 20 heavy (non-hydrogen) atoms. The van der Waals surface area contributed by atoms with Crippen molar-refractivity contribution in [3.05, 3.63) is 47.8 Å². The number of fused-ring (bicyclic) bond motifs is 1. The number of aromatic carboxylic acids is 1. The van der Waals surface area contributed by atoms with Gasteiger partial charge in [0.2, 0.25) is 0 Å². The first-order valence-electron chi connectivity index (χ1n) is 5.71. The molecule has 3 aromatic rings. The molecule has 0 aliphatic heterocycles. The van der Waals surface area contributed by atoms with Crippen LogP contribution in [0.3, 0.4) is 0 Å². The monoisotopic (exact) mass is 272 g/mol. The summed E-state index contributed by atoms with van der Waals surface area (Å²) in [6.45, 7) is 0. The molecule has 2 aromatic carbocycles. The van der Waals surface area contributed by atoms with E-state index in [0.717, 1.165) is 12.1 Å². The number of rotatable bonds is 2. The highest BCUT2D eigenvalue weighted by molar-refractivity contribution is 5.94. The minimum absolute atomic E-state index is 0.00898. The minimum atomic E-state index is -1.23. The van der Waals surface area contributed by atoms with Crippen LogP contribution in [0.1, 0.15) is 10.4 Å². The first kappa shape index (κ1) is 12.1. The number of carboxylic acids is 1. The number of hydrogen-bond donors (Lipinski definition) is 2. The van der Waals surface area contributed by atoms with Gasteiger partial charge >= 0.3 is 5.97 Å². The lowest BCUT2D eigenvalue weighted by Crippen LogP contribution is -2.07. The Morgan fingerprint density at radius 2 is 2.05 bits per heavy atom. The summed E-state index contributed by atoms with van der Waals surface area (Å²) in [4.78, 5) is 11.1. The average Bonchev–Trinajstić information content (AvgIpc) is 2.82. The van der Waals surface area contributed by atoms with E-state index in [-0.39, 0.29) is 16.9 Å². The first-order valence-corrected chi connectivity index (χ1v) is 5.71. The highest BCUT2D eigenvalue weighted by atomic mass is 19.1. The van der Waals surface area contributed by atoms with Crippen LogP contribution in [0.15, 0.2) is 36.4 Å². The fourth-order valence-electron chi connectivity index (χ4n) is 1.97. The minimum Gasteiger partial charge on any atom is -0.478 e. The molecule has 0 amide bonds. The molecule has 6 nitrogen and oxygen atoms in total. The maximum Gasteiger partial charge on any atom is 0.337 e. The Morgan fingerprint density at radius 1 is 1.30 bits per heavy atom. The van der Waals surface area contributed by atoms with E-state index >= 15 is 0 Å². The summed E-state index contributed by atoms with van der Waals surface area (Å²) in [5, 5.41) is 16.8. The van der Waals surface area contributed by atoms with Gasteiger partial charge in [0.05, 0.1) is 11.1 Å². The fourth-order valence-corrected chi connectivity index (χ4v) is 1.97. The number of benzene rings is 2. The number of halogens is 1. The van der Waals surface area contributed by atoms with Gasteiger partial charge in [-0.1, -0.05) is 17.3 Å². The number of anilines is 1. The number of nitrogens with zero attached hydrogens (tertiary/aromatic N) is 3. The topological polar surface area (TPSA) is 94.0 Å². The Morgan fingerprint density at radius 3 is 2.80 bits per heavy atom. The summed E-state index contributed by atoms with van der Waals surface area (Å²) in [5.41, 5.74) is 6.33. The summed E-state index contributed by atoms with van der Waals surface area (Å²) in [6.07, 6.45) is 0. The number of nitrogen functional groups attached to an aromatic ring is 1. The van der Waals surface area contributed by atoms with Crippen molar-refractivity contribution in [2.24, 2.45) is 0 Å². The number of para-hydroxylation sites is 1. The number of nitrogens with two attached hydrogens (primary N) is 1. The summed E-state index contributed by atoms with van der Waals surface area (Å²) in [7, 11) is 0. The number of carboxylic acid groups (broad SMARTS) is 1. The van der Waals surface area contributed by atoms with Crippen molar-refractivity contribution < 1.29 is 14.3 Å². The van der Waals surface area contributed by atoms with Crippen molar-refractivity contribution >= 4 is 22.7 Å². The molecule has 3 N–H and O–H groups in total. The highest BCUT2D eigenvalue weighted by Gasteiger charge is 2.16. The predicted molar refractivity (Wildman–Crippen MR) is 70.2 cm³/mol. The Hall–Kier alpha value is -2.96. The van der Waals surface area contributed by atoms with Crippen LogP contribution in [-0.2, 0) is 0 Å². The van der Waals surface area contributed by atoms with Gasteiger partial charge < -0.3 is 10.8 Å². The molecule has 100 valence electrons. The second kappa shape index (κ2) is 4.30. The van der Waals surface area contributed by atoms with Gasteiger partial charge in [-0.25, -0.2) is 13.9 Å². The van der Waals surface area contributed by atoms with E-state index in [1.165, 1.54) is 4.68 Å². The van der Waals surface area contributed by atoms with Gasteiger partial charge in [-0.15, -0.1) is 5.10 Å². The summed E-state index contributed by atoms with van der Waals surface area (Å²) in [6, 6.07) is 9.10. The molecule has 0 saturated carbocycles. The Bertz CT molecular complexity index is 828. The molecule has 7 heteroatoms. The van der Waals surface area contributed by atoms with E-state index in [2.05, 4.69) is 10.3 Å². The van der Waals surface area contributed by atoms with Crippen LogP contribution >= 0.6 is 0 Å². The molecule has 0 spiro atoms. The van der Waals surface area contributed by atoms with Crippen LogP contribution < -0.4 is 5.73 Å². The first-order chi connectivity index (χ1) is 9.58. The third kappa shape index (κ3) is 1.76. The van der Waals surface area contributed by atoms with E-state index in [0.29, 0.717) is 11.0 Å². The fraction of sp³-hybridized carbons (Fsp3) is 0. The van der Waals surface area contributed by atoms with E-state index in [1.807, 2.05) is 0 Å². The standard InChI is InChI=1S/C13H9FN4O2/c14-8-6-9(15)7(13(19)20)5-12(8)18-11-4-2-1-3-10(11)16-17-18/h1-6H,15H2,(H,19,20). The summed E-state index contributed by atoms with van der Waals surface area (Å²) in [5.74, 6) is -1.89. The molecule has 0 radical (unpaired) electrons. The highest BCUT2D eigenvalue weighted by Crippen LogP contribution is 2.23. The van der Waals surface area contributed by atoms with Crippen molar-refractivity contribution in [2.45, 2.75) is 0 Å². The zero-order chi connectivity index (χ0) is 14.3. The molecule has 1 aromatic heterocycles. The van der Waals surface area contributed by atoms with Gasteiger partial charge in [0.15, 0.2) is 5.82 Å². The van der Waals surface area contributed by atoms with E-state index in [1.54, 1.807) is 24.3 Å². The van der Waals surface area contributed by atoms with Crippen LogP contribution in [-0.4, -0.2) is 26.1 Å². The molecule has 0 aliphatic carbocycles. The molecular formula is C13H9FN4O2. The zero-order valence-electron chi connectivity index (χ0n) is 10.1. The molecule has 3 rings (SSSR count). The van der Waals surface area contributed by atoms with Crippen molar-refractivity contribution in [1.29, 1.82) is 0 Å². The summed E-state index contributed by atoms with van der Waals surface area (Å²) >= 11 is 0. The third-order valence-electron chi connectivity index (χ3n) is 2.93. The maximum atomic E-state index is 14.0. The van der Waals surface area contributed by atoms with Crippen LogP contribution in [0, 0.1) is 5.82 Å². The van der Waals surface area contributed by atoms with Crippen LogP contribution in [0.5, 0.6) is 0 Å². The van der Waals surface area contributed by atoms with Gasteiger partial charge in [0, 0.05) is 5.69 Å². The largest absolute Gasteiger partial charge is 0.478 e. The Balaban J connectivity index is 2.29. The molecule has 0 aliphatic rings. The number of carbonyl (C=O) groups is 1. The quantitative estimate of drug-likeness (QED) is 0.694. The molecular weight excluding hydrogens is 263 g/mol. The van der Waals surface area contributed by atoms with Gasteiger partial charge in [-0.05, 0) is 24.3 Å². The molecule has 0 bridgehead atoms. The van der Waals surface area contributed by atoms with Gasteiger partial charge in [0.1, 0.15) is 11.2 Å². The smallest absolute Gasteiger partial charge is 0.337 e. The van der Waals surface area contributed by atoms with Gasteiger partial charge in [-0.2, -0.15) is 0 Å². The van der Waals surface area contributed by atoms with Gasteiger partial charge in [-0.3, -0.25) is 0 Å². The predicted octanol–water partition coefficient (Wildman–Crippen LogP) is 1.84. The summed E-state index contributed by atoms with van der Waals surface area (Å²) < 4.78 is 15.3. The maximum absolute atomic E-state index is 14.0. The van der Waals surface area contributed by atoms with Crippen LogP contribution in [0.25, 0.3) is 16.7 Å². The van der Waals surface area contributed by atoms with Gasteiger partial charge in [0.25, 0.3) is 0 Å². The SMILES string of the molecule is Nc1cc(F)c(-n2nnc3ccccc32)cc1C(=O)O. The number of hydrogen-bond acceptors (Lipinski definition) is 4.